The Morgan fingerprint density at radius 1 is 1.04 bits per heavy atom. The summed E-state index contributed by atoms with van der Waals surface area (Å²) in [6.45, 7) is 0. The fourth-order valence-electron chi connectivity index (χ4n) is 1.98. The zero-order chi connectivity index (χ0) is 18.0. The van der Waals surface area contributed by atoms with Crippen LogP contribution in [0.1, 0.15) is 0 Å². The van der Waals surface area contributed by atoms with Crippen LogP contribution < -0.4 is 5.73 Å². The molecule has 0 fully saturated rings. The Balaban J connectivity index is 1.90. The van der Waals surface area contributed by atoms with Crippen LogP contribution in [-0.2, 0) is 10.1 Å². The van der Waals surface area contributed by atoms with Crippen molar-refractivity contribution in [3.8, 4) is 11.3 Å². The number of hydrogen-bond acceptors (Lipinski definition) is 7. The van der Waals surface area contributed by atoms with E-state index in [9.17, 15) is 8.42 Å². The van der Waals surface area contributed by atoms with Crippen LogP contribution in [0.25, 0.3) is 11.3 Å². The maximum Gasteiger partial charge on any atom is 0.294 e. The number of rotatable bonds is 4. The fraction of sp³-hybridized carbons (Fsp3) is 0. The number of benzene rings is 2. The Morgan fingerprint density at radius 3 is 2.28 bits per heavy atom. The molecule has 3 N–H and O–H groups in total. The molecule has 10 heteroatoms. The summed E-state index contributed by atoms with van der Waals surface area (Å²) in [6, 6.07) is 12.4. The molecule has 7 nitrogen and oxygen atoms in total. The van der Waals surface area contributed by atoms with Crippen molar-refractivity contribution in [2.24, 2.45) is 10.2 Å². The first kappa shape index (κ1) is 17.5. The minimum absolute atomic E-state index is 0.213. The van der Waals surface area contributed by atoms with Crippen LogP contribution in [0.3, 0.4) is 0 Å². The minimum Gasteiger partial charge on any atom is -0.375 e. The second-order valence-electron chi connectivity index (χ2n) is 4.88. The van der Waals surface area contributed by atoms with Crippen molar-refractivity contribution in [3.05, 3.63) is 53.6 Å². The molecule has 0 aliphatic carbocycles. The van der Waals surface area contributed by atoms with Gasteiger partial charge in [0, 0.05) is 10.6 Å². The highest BCUT2D eigenvalue weighted by Gasteiger charge is 2.12. The summed E-state index contributed by atoms with van der Waals surface area (Å²) in [6.07, 6.45) is 0. The van der Waals surface area contributed by atoms with E-state index in [1.165, 1.54) is 35.6 Å². The van der Waals surface area contributed by atoms with Gasteiger partial charge in [-0.3, -0.25) is 4.55 Å². The quantitative estimate of drug-likeness (QED) is 0.490. The van der Waals surface area contributed by atoms with Crippen LogP contribution in [0.4, 0.5) is 15.8 Å². The van der Waals surface area contributed by atoms with Crippen molar-refractivity contribution >= 4 is 48.9 Å². The highest BCUT2D eigenvalue weighted by atomic mass is 35.5. The molecule has 1 aromatic heterocycles. The van der Waals surface area contributed by atoms with E-state index in [4.69, 9.17) is 21.9 Å². The molecule has 3 rings (SSSR count). The molecule has 0 atom stereocenters. The first-order chi connectivity index (χ1) is 11.8. The number of nitrogen functional groups attached to an aromatic ring is 1. The normalized spacial score (nSPS) is 11.9. The maximum absolute atomic E-state index is 11.0. The standard InChI is InChI=1S/C15H11ClN4O3S2/c16-10-3-1-9(2-4-10)13-14(24-15(17)18-13)20-19-11-5-7-12(8-6-11)25(21,22)23/h1-8H,(H2,17,18)(H,21,22,23). The Hall–Kier alpha value is -2.33. The Kier molecular flexibility index (Phi) is 4.82. The molecule has 0 aliphatic heterocycles. The molecule has 128 valence electrons. The molecule has 0 bridgehead atoms. The number of halogens is 1. The van der Waals surface area contributed by atoms with Crippen molar-refractivity contribution < 1.29 is 13.0 Å². The zero-order valence-electron chi connectivity index (χ0n) is 12.5. The summed E-state index contributed by atoms with van der Waals surface area (Å²) < 4.78 is 31.0. The van der Waals surface area contributed by atoms with Crippen LogP contribution in [0.5, 0.6) is 0 Å². The van der Waals surface area contributed by atoms with Gasteiger partial charge in [-0.25, -0.2) is 4.98 Å². The molecule has 1 heterocycles. The van der Waals surface area contributed by atoms with Crippen molar-refractivity contribution in [1.29, 1.82) is 0 Å². The van der Waals surface area contributed by atoms with Crippen LogP contribution >= 0.6 is 22.9 Å². The van der Waals surface area contributed by atoms with Gasteiger partial charge in [0.05, 0.1) is 10.6 Å². The molecule has 0 spiro atoms. The fourth-order valence-corrected chi connectivity index (χ4v) is 3.26. The smallest absolute Gasteiger partial charge is 0.294 e. The van der Waals surface area contributed by atoms with Gasteiger partial charge >= 0.3 is 0 Å². The molecule has 0 saturated carbocycles. The average Bonchev–Trinajstić information content (AvgIpc) is 2.94. The Bertz CT molecular complexity index is 1030. The van der Waals surface area contributed by atoms with Crippen molar-refractivity contribution in [2.75, 3.05) is 5.73 Å². The van der Waals surface area contributed by atoms with E-state index in [0.29, 0.717) is 26.5 Å². The minimum atomic E-state index is -4.24. The molecular formula is C15H11ClN4O3S2. The third-order valence-electron chi connectivity index (χ3n) is 3.13. The van der Waals surface area contributed by atoms with E-state index < -0.39 is 10.1 Å². The van der Waals surface area contributed by atoms with Gasteiger partial charge in [0.2, 0.25) is 0 Å². The second kappa shape index (κ2) is 6.89. The van der Waals surface area contributed by atoms with Gasteiger partial charge in [0.25, 0.3) is 10.1 Å². The molecule has 0 aliphatic rings. The zero-order valence-corrected chi connectivity index (χ0v) is 14.9. The molecule has 0 unspecified atom stereocenters. The number of azo groups is 1. The summed E-state index contributed by atoms with van der Waals surface area (Å²) in [5.74, 6) is 0. The SMILES string of the molecule is Nc1nc(-c2ccc(Cl)cc2)c(N=Nc2ccc(S(=O)(=O)O)cc2)s1. The van der Waals surface area contributed by atoms with Gasteiger partial charge in [-0.05, 0) is 36.4 Å². The Morgan fingerprint density at radius 2 is 1.68 bits per heavy atom. The molecule has 0 saturated heterocycles. The number of hydrogen-bond donors (Lipinski definition) is 2. The van der Waals surface area contributed by atoms with E-state index >= 15 is 0 Å². The lowest BCUT2D eigenvalue weighted by Crippen LogP contribution is -1.96. The maximum atomic E-state index is 11.0. The number of nitrogens with zero attached hydrogens (tertiary/aromatic N) is 3. The van der Waals surface area contributed by atoms with Gasteiger partial charge in [0.15, 0.2) is 10.1 Å². The lowest BCUT2D eigenvalue weighted by atomic mass is 10.2. The van der Waals surface area contributed by atoms with Crippen molar-refractivity contribution in [1.82, 2.24) is 4.98 Å². The highest BCUT2D eigenvalue weighted by molar-refractivity contribution is 7.85. The van der Waals surface area contributed by atoms with Crippen LogP contribution in [-0.4, -0.2) is 18.0 Å². The van der Waals surface area contributed by atoms with Gasteiger partial charge in [0.1, 0.15) is 5.69 Å². The third-order valence-corrected chi connectivity index (χ3v) is 5.02. The average molecular weight is 395 g/mol. The van der Waals surface area contributed by atoms with E-state index in [1.807, 2.05) is 0 Å². The summed E-state index contributed by atoms with van der Waals surface area (Å²) in [7, 11) is -4.24. The number of thiazole rings is 1. The highest BCUT2D eigenvalue weighted by Crippen LogP contribution is 2.38. The predicted octanol–water partition coefficient (Wildman–Crippen LogP) is 4.71. The third kappa shape index (κ3) is 4.20. The number of anilines is 1. The topological polar surface area (TPSA) is 118 Å². The predicted molar refractivity (Wildman–Crippen MR) is 97.4 cm³/mol. The summed E-state index contributed by atoms with van der Waals surface area (Å²) in [4.78, 5) is 4.04. The van der Waals surface area contributed by atoms with Gasteiger partial charge in [-0.1, -0.05) is 35.1 Å². The van der Waals surface area contributed by atoms with E-state index in [1.54, 1.807) is 24.3 Å². The number of nitrogens with two attached hydrogens (primary N) is 1. The largest absolute Gasteiger partial charge is 0.375 e. The van der Waals surface area contributed by atoms with Gasteiger partial charge in [-0.15, -0.1) is 10.2 Å². The van der Waals surface area contributed by atoms with Gasteiger partial charge in [-0.2, -0.15) is 8.42 Å². The first-order valence-corrected chi connectivity index (χ1v) is 9.48. The Labute approximate surface area is 152 Å². The molecule has 3 aromatic rings. The lowest BCUT2D eigenvalue weighted by molar-refractivity contribution is 0.483. The van der Waals surface area contributed by atoms with Crippen LogP contribution in [0.2, 0.25) is 5.02 Å². The lowest BCUT2D eigenvalue weighted by Gasteiger charge is -1.99. The molecular weight excluding hydrogens is 384 g/mol. The monoisotopic (exact) mass is 394 g/mol. The summed E-state index contributed by atoms with van der Waals surface area (Å²) >= 11 is 7.06. The molecule has 0 radical (unpaired) electrons. The summed E-state index contributed by atoms with van der Waals surface area (Å²) in [5.41, 5.74) is 7.57. The molecule has 25 heavy (non-hydrogen) atoms. The summed E-state index contributed by atoms with van der Waals surface area (Å²) in [5, 5.41) is 9.66. The van der Waals surface area contributed by atoms with E-state index in [-0.39, 0.29) is 4.90 Å². The van der Waals surface area contributed by atoms with Gasteiger partial charge < -0.3 is 5.73 Å². The van der Waals surface area contributed by atoms with E-state index in [2.05, 4.69) is 15.2 Å². The van der Waals surface area contributed by atoms with E-state index in [0.717, 1.165) is 5.56 Å². The molecule has 2 aromatic carbocycles. The van der Waals surface area contributed by atoms with Crippen molar-refractivity contribution in [2.45, 2.75) is 4.90 Å². The van der Waals surface area contributed by atoms with Crippen molar-refractivity contribution in [3.63, 3.8) is 0 Å². The first-order valence-electron chi connectivity index (χ1n) is 6.84. The van der Waals surface area contributed by atoms with Crippen LogP contribution in [0.15, 0.2) is 63.7 Å². The second-order valence-corrected chi connectivity index (χ2v) is 7.75. The molecule has 0 amide bonds. The number of aromatic nitrogens is 1. The van der Waals surface area contributed by atoms with Crippen LogP contribution in [0, 0.1) is 0 Å².